The molecule has 2 N–H and O–H groups in total. The van der Waals surface area contributed by atoms with Gasteiger partial charge in [-0.3, -0.25) is 9.89 Å². The molecule has 0 spiro atoms. The van der Waals surface area contributed by atoms with Crippen molar-refractivity contribution >= 4 is 15.7 Å². The van der Waals surface area contributed by atoms with Crippen LogP contribution in [0.15, 0.2) is 77.7 Å². The summed E-state index contributed by atoms with van der Waals surface area (Å²) >= 11 is 0. The summed E-state index contributed by atoms with van der Waals surface area (Å²) in [5.41, 5.74) is 1.75. The van der Waals surface area contributed by atoms with E-state index < -0.39 is 21.7 Å². The van der Waals surface area contributed by atoms with Gasteiger partial charge in [0.05, 0.1) is 4.90 Å². The van der Waals surface area contributed by atoms with Crippen LogP contribution in [-0.4, -0.2) is 30.8 Å². The zero-order valence-electron chi connectivity index (χ0n) is 19.3. The molecule has 0 aliphatic rings. The van der Waals surface area contributed by atoms with Crippen molar-refractivity contribution in [2.45, 2.75) is 24.5 Å². The number of amides is 1. The average molecular weight is 514 g/mol. The van der Waals surface area contributed by atoms with Crippen molar-refractivity contribution in [2.75, 3.05) is 6.26 Å². The maximum Gasteiger partial charge on any atom is 0.433 e. The fraction of sp³-hybridized carbons (Fsp3) is 0.154. The van der Waals surface area contributed by atoms with E-state index >= 15 is 0 Å². The Kier molecular flexibility index (Phi) is 6.73. The van der Waals surface area contributed by atoms with Crippen LogP contribution in [0.4, 0.5) is 13.2 Å². The molecule has 0 atom stereocenters. The first-order chi connectivity index (χ1) is 16.9. The Balaban J connectivity index is 1.84. The van der Waals surface area contributed by atoms with Crippen molar-refractivity contribution in [3.8, 4) is 33.5 Å². The first-order valence-corrected chi connectivity index (χ1v) is 12.7. The molecule has 1 amide bonds. The topological polar surface area (TPSA) is 91.9 Å². The van der Waals surface area contributed by atoms with E-state index in [0.29, 0.717) is 22.3 Å². The lowest BCUT2D eigenvalue weighted by molar-refractivity contribution is -0.140. The molecule has 0 bridgehead atoms. The van der Waals surface area contributed by atoms with Gasteiger partial charge < -0.3 is 5.32 Å². The molecule has 0 unspecified atom stereocenters. The minimum Gasteiger partial charge on any atom is -0.352 e. The largest absolute Gasteiger partial charge is 0.433 e. The van der Waals surface area contributed by atoms with E-state index in [1.165, 1.54) is 19.1 Å². The van der Waals surface area contributed by atoms with Gasteiger partial charge in [-0.05, 0) is 34.4 Å². The first kappa shape index (κ1) is 25.2. The Bertz CT molecular complexity index is 1510. The monoisotopic (exact) mass is 513 g/mol. The minimum absolute atomic E-state index is 0.103. The molecule has 0 saturated carbocycles. The predicted octanol–water partition coefficient (Wildman–Crippen LogP) is 5.47. The van der Waals surface area contributed by atoms with E-state index in [4.69, 9.17) is 0 Å². The summed E-state index contributed by atoms with van der Waals surface area (Å²) in [7, 11) is -3.40. The number of nitrogens with one attached hydrogen (secondary N) is 2. The molecule has 4 aromatic rings. The van der Waals surface area contributed by atoms with Gasteiger partial charge in [0.2, 0.25) is 5.91 Å². The zero-order chi connectivity index (χ0) is 26.1. The third kappa shape index (κ3) is 5.33. The van der Waals surface area contributed by atoms with Gasteiger partial charge in [0.25, 0.3) is 0 Å². The zero-order valence-corrected chi connectivity index (χ0v) is 20.2. The van der Waals surface area contributed by atoms with Gasteiger partial charge in [-0.25, -0.2) is 8.42 Å². The van der Waals surface area contributed by atoms with E-state index in [9.17, 15) is 26.4 Å². The smallest absolute Gasteiger partial charge is 0.352 e. The standard InChI is InChI=1S/C26H22F3N3O3S/c1-16(33)30-15-17-7-9-19(10-8-17)23-24(31-32-25(23)26(27,28)29)22-6-4-3-5-21(22)18-11-13-20(14-12-18)36(2,34)35/h3-14H,15H2,1-2H3,(H,30,33)(H,31,32). The lowest BCUT2D eigenvalue weighted by Gasteiger charge is -2.13. The van der Waals surface area contributed by atoms with Crippen LogP contribution in [0, 0.1) is 0 Å². The number of aromatic nitrogens is 2. The van der Waals surface area contributed by atoms with Crippen molar-refractivity contribution < 1.29 is 26.4 Å². The Hall–Kier alpha value is -3.92. The molecule has 0 fully saturated rings. The normalized spacial score (nSPS) is 11.9. The van der Waals surface area contributed by atoms with E-state index in [1.54, 1.807) is 60.7 Å². The van der Waals surface area contributed by atoms with E-state index in [2.05, 4.69) is 15.5 Å². The Morgan fingerprint density at radius 2 is 1.50 bits per heavy atom. The number of alkyl halides is 3. The highest BCUT2D eigenvalue weighted by Gasteiger charge is 2.38. The molecule has 0 aliphatic carbocycles. The second-order valence-electron chi connectivity index (χ2n) is 8.27. The molecule has 1 heterocycles. The van der Waals surface area contributed by atoms with Crippen LogP contribution in [0.3, 0.4) is 0 Å². The highest BCUT2D eigenvalue weighted by Crippen LogP contribution is 2.43. The molecule has 0 aliphatic heterocycles. The molecule has 36 heavy (non-hydrogen) atoms. The lowest BCUT2D eigenvalue weighted by Crippen LogP contribution is -2.18. The van der Waals surface area contributed by atoms with Crippen LogP contribution < -0.4 is 5.32 Å². The number of hydrogen-bond donors (Lipinski definition) is 2. The second kappa shape index (κ2) is 9.62. The fourth-order valence-corrected chi connectivity index (χ4v) is 4.49. The van der Waals surface area contributed by atoms with Gasteiger partial charge in [-0.2, -0.15) is 18.3 Å². The SMILES string of the molecule is CC(=O)NCc1ccc(-c2c(-c3ccccc3-c3ccc(S(C)(=O)=O)cc3)n[nH]c2C(F)(F)F)cc1. The van der Waals surface area contributed by atoms with Gasteiger partial charge >= 0.3 is 6.18 Å². The summed E-state index contributed by atoms with van der Waals surface area (Å²) in [6, 6.07) is 19.4. The molecule has 186 valence electrons. The van der Waals surface area contributed by atoms with Gasteiger partial charge in [0.15, 0.2) is 9.84 Å². The van der Waals surface area contributed by atoms with Crippen molar-refractivity contribution in [3.63, 3.8) is 0 Å². The van der Waals surface area contributed by atoms with Gasteiger partial charge in [0, 0.05) is 30.9 Å². The van der Waals surface area contributed by atoms with Crippen molar-refractivity contribution in [1.29, 1.82) is 0 Å². The second-order valence-corrected chi connectivity index (χ2v) is 10.3. The van der Waals surface area contributed by atoms with Crippen LogP contribution in [0.5, 0.6) is 0 Å². The van der Waals surface area contributed by atoms with Crippen molar-refractivity contribution in [1.82, 2.24) is 15.5 Å². The maximum atomic E-state index is 14.0. The number of halogens is 3. The van der Waals surface area contributed by atoms with Crippen LogP contribution in [0.2, 0.25) is 0 Å². The number of sulfone groups is 1. The van der Waals surface area contributed by atoms with E-state index in [0.717, 1.165) is 11.8 Å². The summed E-state index contributed by atoms with van der Waals surface area (Å²) in [4.78, 5) is 11.3. The minimum atomic E-state index is -4.68. The Labute approximate surface area is 206 Å². The van der Waals surface area contributed by atoms with Crippen LogP contribution >= 0.6 is 0 Å². The maximum absolute atomic E-state index is 14.0. The third-order valence-corrected chi connectivity index (χ3v) is 6.74. The predicted molar refractivity (Wildman–Crippen MR) is 131 cm³/mol. The first-order valence-electron chi connectivity index (χ1n) is 10.8. The number of nitrogens with zero attached hydrogens (tertiary/aromatic N) is 1. The van der Waals surface area contributed by atoms with Gasteiger partial charge in [-0.1, -0.05) is 60.7 Å². The van der Waals surface area contributed by atoms with E-state index in [-0.39, 0.29) is 28.6 Å². The number of rotatable bonds is 6. The van der Waals surface area contributed by atoms with Crippen LogP contribution in [0.25, 0.3) is 33.5 Å². The fourth-order valence-electron chi connectivity index (χ4n) is 3.86. The van der Waals surface area contributed by atoms with E-state index in [1.807, 2.05) is 0 Å². The van der Waals surface area contributed by atoms with Crippen LogP contribution in [-0.2, 0) is 27.4 Å². The summed E-state index contributed by atoms with van der Waals surface area (Å²) in [5.74, 6) is -0.211. The molecule has 4 rings (SSSR count). The Morgan fingerprint density at radius 3 is 2.06 bits per heavy atom. The lowest BCUT2D eigenvalue weighted by atomic mass is 9.92. The number of carbonyl (C=O) groups excluding carboxylic acids is 1. The number of aromatic amines is 1. The number of carbonyl (C=O) groups is 1. The molecular formula is C26H22F3N3O3S. The van der Waals surface area contributed by atoms with Crippen molar-refractivity contribution in [3.05, 3.63) is 84.1 Å². The highest BCUT2D eigenvalue weighted by molar-refractivity contribution is 7.90. The molecule has 3 aromatic carbocycles. The molecule has 10 heteroatoms. The molecule has 0 saturated heterocycles. The van der Waals surface area contributed by atoms with Crippen molar-refractivity contribution in [2.24, 2.45) is 0 Å². The quantitative estimate of drug-likeness (QED) is 0.358. The number of benzene rings is 3. The van der Waals surface area contributed by atoms with Crippen LogP contribution in [0.1, 0.15) is 18.2 Å². The van der Waals surface area contributed by atoms with Gasteiger partial charge in [0.1, 0.15) is 11.4 Å². The molecule has 6 nitrogen and oxygen atoms in total. The summed E-state index contributed by atoms with van der Waals surface area (Å²) in [6.07, 6.45) is -3.58. The molecule has 1 aromatic heterocycles. The average Bonchev–Trinajstić information content (AvgIpc) is 3.28. The number of H-pyrrole nitrogens is 1. The molecule has 0 radical (unpaired) electrons. The van der Waals surface area contributed by atoms with Gasteiger partial charge in [-0.15, -0.1) is 0 Å². The number of hydrogen-bond acceptors (Lipinski definition) is 4. The highest BCUT2D eigenvalue weighted by atomic mass is 32.2. The third-order valence-electron chi connectivity index (χ3n) is 5.61. The Morgan fingerprint density at radius 1 is 0.917 bits per heavy atom. The summed E-state index contributed by atoms with van der Waals surface area (Å²) in [6.45, 7) is 1.64. The molecular weight excluding hydrogens is 491 g/mol. The summed E-state index contributed by atoms with van der Waals surface area (Å²) in [5, 5.41) is 8.87. The summed E-state index contributed by atoms with van der Waals surface area (Å²) < 4.78 is 65.5.